The molecule has 1 atom stereocenters. The molecule has 5 nitrogen and oxygen atoms in total. The van der Waals surface area contributed by atoms with Crippen LogP contribution in [0.2, 0.25) is 0 Å². The molecule has 2 aromatic carbocycles. The summed E-state index contributed by atoms with van der Waals surface area (Å²) >= 11 is 3.47. The number of dihydropyridines is 1. The average Bonchev–Trinajstić information content (AvgIpc) is 2.66. The second-order valence-corrected chi connectivity index (χ2v) is 9.29. The molecule has 0 radical (unpaired) electrons. The number of hydrogen-bond donors (Lipinski definition) is 1. The number of nitro groups is 1. The number of rotatable bonds is 3. The van der Waals surface area contributed by atoms with Gasteiger partial charge in [-0.05, 0) is 53.3 Å². The second-order valence-electron chi connectivity index (χ2n) is 8.37. The Labute approximate surface area is 177 Å². The van der Waals surface area contributed by atoms with Gasteiger partial charge in [0.25, 0.3) is 5.69 Å². The van der Waals surface area contributed by atoms with E-state index in [-0.39, 0.29) is 22.8 Å². The van der Waals surface area contributed by atoms with Crippen molar-refractivity contribution in [1.29, 1.82) is 0 Å². The van der Waals surface area contributed by atoms with Crippen molar-refractivity contribution in [2.45, 2.75) is 32.6 Å². The van der Waals surface area contributed by atoms with Gasteiger partial charge in [0.15, 0.2) is 5.78 Å². The van der Waals surface area contributed by atoms with Crippen LogP contribution in [0.25, 0.3) is 5.70 Å². The predicted octanol–water partition coefficient (Wildman–Crippen LogP) is 5.73. The number of non-ortho nitro benzene ring substituents is 1. The Hall–Kier alpha value is -2.73. The maximum atomic E-state index is 13.0. The van der Waals surface area contributed by atoms with Gasteiger partial charge in [0, 0.05) is 45.9 Å². The molecule has 2 aromatic rings. The molecule has 148 valence electrons. The van der Waals surface area contributed by atoms with E-state index < -0.39 is 4.92 Å². The zero-order valence-corrected chi connectivity index (χ0v) is 17.8. The summed E-state index contributed by atoms with van der Waals surface area (Å²) in [4.78, 5) is 23.6. The first kappa shape index (κ1) is 19.6. The molecule has 0 aromatic heterocycles. The Morgan fingerprint density at radius 3 is 2.34 bits per heavy atom. The first-order valence-corrected chi connectivity index (χ1v) is 10.3. The van der Waals surface area contributed by atoms with Gasteiger partial charge in [0.2, 0.25) is 0 Å². The molecule has 1 heterocycles. The maximum Gasteiger partial charge on any atom is 0.269 e. The van der Waals surface area contributed by atoms with Gasteiger partial charge in [-0.2, -0.15) is 0 Å². The summed E-state index contributed by atoms with van der Waals surface area (Å²) in [6.45, 7) is 4.21. The Balaban J connectivity index is 1.80. The Morgan fingerprint density at radius 2 is 1.72 bits per heavy atom. The molecule has 0 saturated carbocycles. The highest BCUT2D eigenvalue weighted by atomic mass is 79.9. The molecule has 29 heavy (non-hydrogen) atoms. The van der Waals surface area contributed by atoms with Gasteiger partial charge in [-0.15, -0.1) is 0 Å². The van der Waals surface area contributed by atoms with Crippen LogP contribution in [0.3, 0.4) is 0 Å². The molecular weight excluding hydrogens is 432 g/mol. The third-order valence-electron chi connectivity index (χ3n) is 5.47. The van der Waals surface area contributed by atoms with Gasteiger partial charge in [-0.3, -0.25) is 14.9 Å². The number of hydrogen-bond acceptors (Lipinski definition) is 4. The Bertz CT molecular complexity index is 1050. The number of benzene rings is 2. The molecule has 1 N–H and O–H groups in total. The van der Waals surface area contributed by atoms with Crippen LogP contribution in [0.1, 0.15) is 43.7 Å². The van der Waals surface area contributed by atoms with Crippen molar-refractivity contribution in [3.05, 3.63) is 91.6 Å². The van der Waals surface area contributed by atoms with Gasteiger partial charge in [0.1, 0.15) is 0 Å². The average molecular weight is 453 g/mol. The van der Waals surface area contributed by atoms with Crippen LogP contribution in [0.5, 0.6) is 0 Å². The van der Waals surface area contributed by atoms with E-state index in [1.165, 1.54) is 12.1 Å². The first-order valence-electron chi connectivity index (χ1n) is 9.49. The topological polar surface area (TPSA) is 72.2 Å². The monoisotopic (exact) mass is 452 g/mol. The summed E-state index contributed by atoms with van der Waals surface area (Å²) in [7, 11) is 0. The Morgan fingerprint density at radius 1 is 1.07 bits per heavy atom. The number of nitro benzene ring substituents is 1. The second kappa shape index (κ2) is 7.26. The number of nitrogens with zero attached hydrogens (tertiary/aromatic N) is 1. The zero-order valence-electron chi connectivity index (χ0n) is 16.2. The summed E-state index contributed by atoms with van der Waals surface area (Å²) in [5.74, 6) is 0.0313. The number of carbonyl (C=O) groups excluding carboxylic acids is 1. The van der Waals surface area contributed by atoms with Crippen molar-refractivity contribution in [1.82, 2.24) is 5.32 Å². The summed E-state index contributed by atoms with van der Waals surface area (Å²) < 4.78 is 0.986. The highest BCUT2D eigenvalue weighted by Gasteiger charge is 2.38. The number of ketones is 1. The van der Waals surface area contributed by atoms with Crippen molar-refractivity contribution >= 4 is 33.1 Å². The molecule has 1 aliphatic carbocycles. The summed E-state index contributed by atoms with van der Waals surface area (Å²) in [5, 5.41) is 14.4. The summed E-state index contributed by atoms with van der Waals surface area (Å²) in [5.41, 5.74) is 4.52. The van der Waals surface area contributed by atoms with Crippen molar-refractivity contribution in [2.24, 2.45) is 5.41 Å². The molecule has 0 fully saturated rings. The van der Waals surface area contributed by atoms with Crippen molar-refractivity contribution < 1.29 is 9.72 Å². The van der Waals surface area contributed by atoms with E-state index in [4.69, 9.17) is 0 Å². The van der Waals surface area contributed by atoms with Crippen molar-refractivity contribution in [3.8, 4) is 0 Å². The fourth-order valence-electron chi connectivity index (χ4n) is 4.13. The highest BCUT2D eigenvalue weighted by Crippen LogP contribution is 2.45. The minimum absolute atomic E-state index is 0.0588. The van der Waals surface area contributed by atoms with E-state index in [0.29, 0.717) is 6.42 Å². The molecule has 2 aliphatic rings. The van der Waals surface area contributed by atoms with E-state index in [0.717, 1.165) is 39.0 Å². The first-order chi connectivity index (χ1) is 13.7. The molecule has 1 unspecified atom stereocenters. The molecule has 1 aliphatic heterocycles. The number of nitrogens with one attached hydrogen (secondary N) is 1. The number of halogens is 1. The molecule has 6 heteroatoms. The van der Waals surface area contributed by atoms with Gasteiger partial charge in [-0.1, -0.05) is 41.9 Å². The van der Waals surface area contributed by atoms with Crippen LogP contribution in [0, 0.1) is 15.5 Å². The molecule has 0 saturated heterocycles. The third-order valence-corrected chi connectivity index (χ3v) is 6.00. The lowest BCUT2D eigenvalue weighted by Crippen LogP contribution is -2.35. The zero-order chi connectivity index (χ0) is 20.8. The van der Waals surface area contributed by atoms with Crippen LogP contribution < -0.4 is 5.32 Å². The fraction of sp³-hybridized carbons (Fsp3) is 0.261. The minimum atomic E-state index is -0.403. The normalized spacial score (nSPS) is 20.6. The molecule has 0 spiro atoms. The van der Waals surface area contributed by atoms with Gasteiger partial charge >= 0.3 is 0 Å². The SMILES string of the molecule is CC1(C)CC(=O)C2=C(C1)NC(c1ccc([N+](=O)[O-])cc1)=CC2c1ccc(Br)cc1. The number of carbonyl (C=O) groups is 1. The van der Waals surface area contributed by atoms with E-state index >= 15 is 0 Å². The predicted molar refractivity (Wildman–Crippen MR) is 116 cm³/mol. The fourth-order valence-corrected chi connectivity index (χ4v) is 4.39. The number of Topliss-reactive ketones (excluding diaryl/α,β-unsaturated/α-hetero) is 1. The van der Waals surface area contributed by atoms with Crippen LogP contribution in [0.4, 0.5) is 5.69 Å². The van der Waals surface area contributed by atoms with Gasteiger partial charge < -0.3 is 5.32 Å². The molecule has 0 amide bonds. The lowest BCUT2D eigenvalue weighted by Gasteiger charge is -2.38. The quantitative estimate of drug-likeness (QED) is 0.476. The van der Waals surface area contributed by atoms with Crippen LogP contribution in [-0.4, -0.2) is 10.7 Å². The highest BCUT2D eigenvalue weighted by molar-refractivity contribution is 9.10. The van der Waals surface area contributed by atoms with Crippen molar-refractivity contribution in [3.63, 3.8) is 0 Å². The number of allylic oxidation sites excluding steroid dienone is 3. The van der Waals surface area contributed by atoms with E-state index in [1.807, 2.05) is 24.3 Å². The van der Waals surface area contributed by atoms with Gasteiger partial charge in [-0.25, -0.2) is 0 Å². The minimum Gasteiger partial charge on any atom is -0.358 e. The molecule has 0 bridgehead atoms. The Kier molecular flexibility index (Phi) is 4.90. The van der Waals surface area contributed by atoms with Gasteiger partial charge in [0.05, 0.1) is 4.92 Å². The third kappa shape index (κ3) is 3.90. The van der Waals surface area contributed by atoms with Crippen LogP contribution >= 0.6 is 15.9 Å². The molecular formula is C23H21BrN2O3. The summed E-state index contributed by atoms with van der Waals surface area (Å²) in [6.07, 6.45) is 3.37. The standard InChI is InChI=1S/C23H21BrN2O3/c1-23(2)12-20-22(21(27)13-23)18(14-3-7-16(24)8-4-14)11-19(25-20)15-5-9-17(10-6-15)26(28)29/h3-11,18,25H,12-13H2,1-2H3. The molecule has 4 rings (SSSR count). The maximum absolute atomic E-state index is 13.0. The largest absolute Gasteiger partial charge is 0.358 e. The lowest BCUT2D eigenvalue weighted by molar-refractivity contribution is -0.384. The van der Waals surface area contributed by atoms with E-state index in [2.05, 4.69) is 41.2 Å². The van der Waals surface area contributed by atoms with Crippen molar-refractivity contribution in [2.75, 3.05) is 0 Å². The summed E-state index contributed by atoms with van der Waals surface area (Å²) in [6, 6.07) is 14.5. The van der Waals surface area contributed by atoms with E-state index in [1.54, 1.807) is 12.1 Å². The van der Waals surface area contributed by atoms with E-state index in [9.17, 15) is 14.9 Å². The van der Waals surface area contributed by atoms with Crippen LogP contribution in [-0.2, 0) is 4.79 Å². The smallest absolute Gasteiger partial charge is 0.269 e. The van der Waals surface area contributed by atoms with Crippen LogP contribution in [0.15, 0.2) is 70.3 Å². The lowest BCUT2D eigenvalue weighted by atomic mass is 9.70.